The summed E-state index contributed by atoms with van der Waals surface area (Å²) in [5.41, 5.74) is 6.40. The molecule has 1 aliphatic rings. The van der Waals surface area contributed by atoms with Gasteiger partial charge in [0.15, 0.2) is 0 Å². The molecule has 0 saturated heterocycles. The number of hydrogen-bond acceptors (Lipinski definition) is 1. The summed E-state index contributed by atoms with van der Waals surface area (Å²) in [4.78, 5) is 10.6. The predicted octanol–water partition coefficient (Wildman–Crippen LogP) is 5.72. The number of carbonyl (C=O) groups is 1. The van der Waals surface area contributed by atoms with Crippen LogP contribution in [0.1, 0.15) is 63.5 Å². The molecule has 0 saturated carbocycles. The zero-order valence-corrected chi connectivity index (χ0v) is 14.3. The molecule has 1 aliphatic carbocycles. The van der Waals surface area contributed by atoms with Crippen LogP contribution < -0.4 is 0 Å². The zero-order valence-electron chi connectivity index (χ0n) is 14.3. The fraction of sp³-hybridized carbons (Fsp3) is 0.381. The van der Waals surface area contributed by atoms with Crippen molar-refractivity contribution in [3.63, 3.8) is 0 Å². The summed E-state index contributed by atoms with van der Waals surface area (Å²) in [6, 6.07) is 8.70. The Kier molecular flexibility index (Phi) is 5.97. The molecule has 23 heavy (non-hydrogen) atoms. The molecular formula is C21H26O2. The van der Waals surface area contributed by atoms with E-state index in [-0.39, 0.29) is 6.42 Å². The smallest absolute Gasteiger partial charge is 0.307 e. The van der Waals surface area contributed by atoms with Crippen molar-refractivity contribution in [2.45, 2.75) is 52.4 Å². The van der Waals surface area contributed by atoms with Crippen LogP contribution in [-0.2, 0) is 4.79 Å². The van der Waals surface area contributed by atoms with Crippen molar-refractivity contribution < 1.29 is 9.90 Å². The molecule has 0 radical (unpaired) electrons. The number of allylic oxidation sites excluding steroid dienone is 5. The van der Waals surface area contributed by atoms with Gasteiger partial charge in [0.2, 0.25) is 0 Å². The second-order valence-electron chi connectivity index (χ2n) is 6.50. The molecule has 1 aromatic carbocycles. The molecule has 2 heteroatoms. The van der Waals surface area contributed by atoms with Crippen molar-refractivity contribution in [2.75, 3.05) is 0 Å². The van der Waals surface area contributed by atoms with E-state index in [1.807, 2.05) is 13.0 Å². The molecule has 1 aromatic rings. The van der Waals surface area contributed by atoms with Crippen molar-refractivity contribution >= 4 is 11.5 Å². The first-order valence-corrected chi connectivity index (χ1v) is 8.31. The van der Waals surface area contributed by atoms with E-state index in [9.17, 15) is 4.79 Å². The number of rotatable bonds is 5. The molecule has 0 bridgehead atoms. The van der Waals surface area contributed by atoms with E-state index >= 15 is 0 Å². The van der Waals surface area contributed by atoms with E-state index in [4.69, 9.17) is 5.11 Å². The summed E-state index contributed by atoms with van der Waals surface area (Å²) in [7, 11) is 0. The molecule has 0 aromatic heterocycles. The maximum Gasteiger partial charge on any atom is 0.307 e. The summed E-state index contributed by atoms with van der Waals surface area (Å²) in [6.07, 6.45) is 9.67. The average molecular weight is 310 g/mol. The Balaban J connectivity index is 2.11. The van der Waals surface area contributed by atoms with Gasteiger partial charge in [0.05, 0.1) is 6.42 Å². The van der Waals surface area contributed by atoms with Gasteiger partial charge in [0.1, 0.15) is 0 Å². The lowest BCUT2D eigenvalue weighted by atomic mass is 9.80. The van der Waals surface area contributed by atoms with E-state index in [0.29, 0.717) is 5.92 Å². The monoisotopic (exact) mass is 310 g/mol. The third-order valence-corrected chi connectivity index (χ3v) is 4.42. The molecule has 1 atom stereocenters. The van der Waals surface area contributed by atoms with Crippen LogP contribution in [0, 0.1) is 0 Å². The standard InChI is InChI=1S/C21H26O2/c1-15(7-6-8-16(2)14-21(22)23)13-18-12-11-17(3)19-9-4-5-10-20(18)19/h4-5,7-10,13,17H,6,11-12,14H2,1-3H3,(H,22,23)/b15-7-,16-8+,18-13+/t17-/m0/s1. The van der Waals surface area contributed by atoms with Crippen LogP contribution in [0.25, 0.3) is 5.57 Å². The predicted molar refractivity (Wildman–Crippen MR) is 96.5 cm³/mol. The van der Waals surface area contributed by atoms with Crippen molar-refractivity contribution in [1.29, 1.82) is 0 Å². The molecule has 0 spiro atoms. The molecule has 2 nitrogen and oxygen atoms in total. The van der Waals surface area contributed by atoms with Crippen molar-refractivity contribution in [3.8, 4) is 0 Å². The number of fused-ring (bicyclic) bond motifs is 1. The normalized spacial score (nSPS) is 20.5. The van der Waals surface area contributed by atoms with Crippen LogP contribution in [0.15, 0.2) is 53.6 Å². The van der Waals surface area contributed by atoms with Gasteiger partial charge in [-0.05, 0) is 55.7 Å². The molecule has 1 N–H and O–H groups in total. The zero-order chi connectivity index (χ0) is 16.8. The molecule has 0 aliphatic heterocycles. The van der Waals surface area contributed by atoms with Gasteiger partial charge in [-0.1, -0.05) is 60.6 Å². The maximum absolute atomic E-state index is 10.6. The molecule has 0 unspecified atom stereocenters. The Morgan fingerprint density at radius 2 is 2.00 bits per heavy atom. The van der Waals surface area contributed by atoms with E-state index in [1.165, 1.54) is 28.7 Å². The lowest BCUT2D eigenvalue weighted by Gasteiger charge is -2.24. The number of benzene rings is 1. The Morgan fingerprint density at radius 1 is 1.26 bits per heavy atom. The summed E-state index contributed by atoms with van der Waals surface area (Å²) in [5.74, 6) is -0.135. The van der Waals surface area contributed by atoms with Gasteiger partial charge in [-0.2, -0.15) is 0 Å². The van der Waals surface area contributed by atoms with Crippen molar-refractivity contribution in [2.24, 2.45) is 0 Å². The number of hydrogen-bond donors (Lipinski definition) is 1. The van der Waals surface area contributed by atoms with Gasteiger partial charge in [0, 0.05) is 0 Å². The van der Waals surface area contributed by atoms with Crippen LogP contribution in [-0.4, -0.2) is 11.1 Å². The SMILES string of the molecule is CC(=C/C/C=C(\C)CC(=O)O)/C=C1\CC[C@H](C)c2ccccc21. The van der Waals surface area contributed by atoms with E-state index in [2.05, 4.69) is 50.3 Å². The summed E-state index contributed by atoms with van der Waals surface area (Å²) in [5, 5.41) is 8.76. The van der Waals surface area contributed by atoms with Crippen molar-refractivity contribution in [3.05, 3.63) is 64.8 Å². The van der Waals surface area contributed by atoms with E-state index in [1.54, 1.807) is 0 Å². The minimum atomic E-state index is -0.769. The second kappa shape index (κ2) is 7.96. The van der Waals surface area contributed by atoms with Crippen LogP contribution in [0.2, 0.25) is 0 Å². The second-order valence-corrected chi connectivity index (χ2v) is 6.50. The first-order chi connectivity index (χ1) is 11.0. The lowest BCUT2D eigenvalue weighted by molar-refractivity contribution is -0.136. The van der Waals surface area contributed by atoms with Crippen LogP contribution in [0.4, 0.5) is 0 Å². The molecule has 0 amide bonds. The average Bonchev–Trinajstić information content (AvgIpc) is 2.49. The van der Waals surface area contributed by atoms with Gasteiger partial charge in [0.25, 0.3) is 0 Å². The summed E-state index contributed by atoms with van der Waals surface area (Å²) >= 11 is 0. The van der Waals surface area contributed by atoms with Gasteiger partial charge < -0.3 is 5.11 Å². The Hall–Kier alpha value is -2.09. The van der Waals surface area contributed by atoms with E-state index in [0.717, 1.165) is 18.4 Å². The fourth-order valence-electron chi connectivity index (χ4n) is 3.12. The van der Waals surface area contributed by atoms with Gasteiger partial charge >= 0.3 is 5.97 Å². The molecule has 2 rings (SSSR count). The summed E-state index contributed by atoms with van der Waals surface area (Å²) < 4.78 is 0. The van der Waals surface area contributed by atoms with Gasteiger partial charge in [-0.25, -0.2) is 0 Å². The molecule has 0 fully saturated rings. The number of carboxylic acids is 1. The van der Waals surface area contributed by atoms with Crippen LogP contribution in [0.3, 0.4) is 0 Å². The Bertz CT molecular complexity index is 662. The number of aliphatic carboxylic acids is 1. The largest absolute Gasteiger partial charge is 0.481 e. The van der Waals surface area contributed by atoms with Crippen LogP contribution >= 0.6 is 0 Å². The highest BCUT2D eigenvalue weighted by Gasteiger charge is 2.18. The third kappa shape index (κ3) is 4.95. The van der Waals surface area contributed by atoms with Crippen LogP contribution in [0.5, 0.6) is 0 Å². The summed E-state index contributed by atoms with van der Waals surface area (Å²) in [6.45, 7) is 6.29. The Labute approximate surface area is 139 Å². The van der Waals surface area contributed by atoms with E-state index < -0.39 is 5.97 Å². The number of carboxylic acid groups (broad SMARTS) is 1. The van der Waals surface area contributed by atoms with Gasteiger partial charge in [-0.3, -0.25) is 4.79 Å². The lowest BCUT2D eigenvalue weighted by Crippen LogP contribution is -2.06. The highest BCUT2D eigenvalue weighted by Crippen LogP contribution is 2.38. The third-order valence-electron chi connectivity index (χ3n) is 4.42. The fourth-order valence-corrected chi connectivity index (χ4v) is 3.12. The highest BCUT2D eigenvalue weighted by molar-refractivity contribution is 5.72. The minimum absolute atomic E-state index is 0.124. The topological polar surface area (TPSA) is 37.3 Å². The molecular weight excluding hydrogens is 284 g/mol. The highest BCUT2D eigenvalue weighted by atomic mass is 16.4. The molecule has 122 valence electrons. The Morgan fingerprint density at radius 3 is 2.74 bits per heavy atom. The van der Waals surface area contributed by atoms with Gasteiger partial charge in [-0.15, -0.1) is 0 Å². The van der Waals surface area contributed by atoms with Crippen molar-refractivity contribution in [1.82, 2.24) is 0 Å². The first kappa shape index (κ1) is 17.3. The maximum atomic E-state index is 10.6. The molecule has 0 heterocycles. The first-order valence-electron chi connectivity index (χ1n) is 8.31. The minimum Gasteiger partial charge on any atom is -0.481 e. The quantitative estimate of drug-likeness (QED) is 0.706.